The number of benzene rings is 1. The predicted octanol–water partition coefficient (Wildman–Crippen LogP) is 3.88. The van der Waals surface area contributed by atoms with Gasteiger partial charge in [0.25, 0.3) is 0 Å². The number of hydrogen-bond acceptors (Lipinski definition) is 2. The minimum Gasteiger partial charge on any atom is -0.480 e. The number of rotatable bonds is 7. The Morgan fingerprint density at radius 1 is 1.32 bits per heavy atom. The molecule has 0 bridgehead atoms. The van der Waals surface area contributed by atoms with Crippen LogP contribution in [0.2, 0.25) is 5.02 Å². The molecule has 0 aliphatic rings. The van der Waals surface area contributed by atoms with E-state index in [2.05, 4.69) is 5.32 Å². The molecule has 0 spiro atoms. The second-order valence-corrected chi connectivity index (χ2v) is 5.64. The molecule has 19 heavy (non-hydrogen) atoms. The Hall–Kier alpha value is -1.06. The Labute approximate surface area is 120 Å². The summed E-state index contributed by atoms with van der Waals surface area (Å²) in [6.07, 6.45) is 1.46. The van der Waals surface area contributed by atoms with Crippen LogP contribution < -0.4 is 5.32 Å². The summed E-state index contributed by atoms with van der Waals surface area (Å²) < 4.78 is 0. The van der Waals surface area contributed by atoms with Gasteiger partial charge in [0.1, 0.15) is 6.04 Å². The third kappa shape index (κ3) is 5.21. The van der Waals surface area contributed by atoms with Crippen LogP contribution in [-0.4, -0.2) is 17.1 Å². The monoisotopic (exact) mass is 283 g/mol. The average Bonchev–Trinajstić information content (AvgIpc) is 2.35. The summed E-state index contributed by atoms with van der Waals surface area (Å²) in [6.45, 7) is 6.10. The fraction of sp³-hybridized carbons (Fsp3) is 0.533. The molecule has 0 heterocycles. The highest BCUT2D eigenvalue weighted by Crippen LogP contribution is 2.21. The second-order valence-electron chi connectivity index (χ2n) is 5.20. The van der Waals surface area contributed by atoms with Gasteiger partial charge in [0.15, 0.2) is 0 Å². The predicted molar refractivity (Wildman–Crippen MR) is 78.5 cm³/mol. The van der Waals surface area contributed by atoms with Gasteiger partial charge in [-0.25, -0.2) is 0 Å². The van der Waals surface area contributed by atoms with Crippen molar-refractivity contribution < 1.29 is 9.90 Å². The lowest BCUT2D eigenvalue weighted by atomic mass is 9.99. The average molecular weight is 284 g/mol. The van der Waals surface area contributed by atoms with Crippen LogP contribution in [0.4, 0.5) is 0 Å². The van der Waals surface area contributed by atoms with Gasteiger partial charge in [-0.15, -0.1) is 0 Å². The normalized spacial score (nSPS) is 14.4. The summed E-state index contributed by atoms with van der Waals surface area (Å²) in [5.41, 5.74) is 1.07. The van der Waals surface area contributed by atoms with Crippen molar-refractivity contribution in [2.45, 2.75) is 45.7 Å². The Balaban J connectivity index is 2.79. The maximum absolute atomic E-state index is 11.3. The van der Waals surface area contributed by atoms with Gasteiger partial charge in [-0.05, 0) is 36.5 Å². The van der Waals surface area contributed by atoms with Gasteiger partial charge in [-0.3, -0.25) is 10.1 Å². The van der Waals surface area contributed by atoms with Crippen molar-refractivity contribution in [2.24, 2.45) is 5.92 Å². The lowest BCUT2D eigenvalue weighted by Gasteiger charge is -2.24. The summed E-state index contributed by atoms with van der Waals surface area (Å²) in [5, 5.41) is 13.2. The van der Waals surface area contributed by atoms with Crippen molar-refractivity contribution >= 4 is 17.6 Å². The van der Waals surface area contributed by atoms with Gasteiger partial charge in [0.05, 0.1) is 0 Å². The van der Waals surface area contributed by atoms with E-state index in [1.54, 1.807) is 0 Å². The topological polar surface area (TPSA) is 49.3 Å². The van der Waals surface area contributed by atoms with Crippen molar-refractivity contribution in [1.82, 2.24) is 5.32 Å². The SMILES string of the molecule is CCC(NC(CC(C)C)C(=O)O)c1ccc(Cl)cc1. The highest BCUT2D eigenvalue weighted by Gasteiger charge is 2.22. The molecule has 4 heteroatoms. The van der Waals surface area contributed by atoms with Crippen LogP contribution in [0.3, 0.4) is 0 Å². The van der Waals surface area contributed by atoms with E-state index in [9.17, 15) is 9.90 Å². The maximum Gasteiger partial charge on any atom is 0.320 e. The van der Waals surface area contributed by atoms with Gasteiger partial charge in [-0.1, -0.05) is 44.5 Å². The van der Waals surface area contributed by atoms with Gasteiger partial charge in [0, 0.05) is 11.1 Å². The van der Waals surface area contributed by atoms with Crippen LogP contribution in [0.1, 0.15) is 45.2 Å². The number of carboxylic acids is 1. The van der Waals surface area contributed by atoms with Gasteiger partial charge in [0.2, 0.25) is 0 Å². The van der Waals surface area contributed by atoms with E-state index in [0.29, 0.717) is 17.4 Å². The molecule has 2 unspecified atom stereocenters. The fourth-order valence-electron chi connectivity index (χ4n) is 2.10. The first kappa shape index (κ1) is 16.0. The smallest absolute Gasteiger partial charge is 0.320 e. The first-order valence-corrected chi connectivity index (χ1v) is 7.06. The lowest BCUT2D eigenvalue weighted by Crippen LogP contribution is -2.40. The molecule has 0 saturated carbocycles. The van der Waals surface area contributed by atoms with Crippen LogP contribution in [-0.2, 0) is 4.79 Å². The molecule has 2 atom stereocenters. The van der Waals surface area contributed by atoms with E-state index in [4.69, 9.17) is 11.6 Å². The summed E-state index contributed by atoms with van der Waals surface area (Å²) in [5.74, 6) is -0.447. The van der Waals surface area contributed by atoms with Crippen LogP contribution in [0.5, 0.6) is 0 Å². The highest BCUT2D eigenvalue weighted by atomic mass is 35.5. The summed E-state index contributed by atoms with van der Waals surface area (Å²) in [4.78, 5) is 11.3. The molecule has 1 aromatic rings. The molecule has 0 radical (unpaired) electrons. The minimum absolute atomic E-state index is 0.0390. The van der Waals surface area contributed by atoms with E-state index in [0.717, 1.165) is 12.0 Å². The fourth-order valence-corrected chi connectivity index (χ4v) is 2.23. The summed E-state index contributed by atoms with van der Waals surface area (Å²) in [7, 11) is 0. The molecule has 0 fully saturated rings. The molecule has 1 rings (SSSR count). The van der Waals surface area contributed by atoms with Gasteiger partial charge in [-0.2, -0.15) is 0 Å². The third-order valence-electron chi connectivity index (χ3n) is 3.09. The molecule has 0 aliphatic carbocycles. The molecule has 2 N–H and O–H groups in total. The lowest BCUT2D eigenvalue weighted by molar-refractivity contribution is -0.140. The molecule has 0 aromatic heterocycles. The Bertz CT molecular complexity index is 403. The van der Waals surface area contributed by atoms with Crippen molar-refractivity contribution in [1.29, 1.82) is 0 Å². The Morgan fingerprint density at radius 2 is 1.89 bits per heavy atom. The molecule has 0 aliphatic heterocycles. The molecular weight excluding hydrogens is 262 g/mol. The minimum atomic E-state index is -0.791. The zero-order valence-electron chi connectivity index (χ0n) is 11.7. The van der Waals surface area contributed by atoms with E-state index >= 15 is 0 Å². The standard InChI is InChI=1S/C15H22ClNO2/c1-4-13(11-5-7-12(16)8-6-11)17-14(15(18)19)9-10(2)3/h5-8,10,13-14,17H,4,9H2,1-3H3,(H,18,19). The molecular formula is C15H22ClNO2. The largest absolute Gasteiger partial charge is 0.480 e. The first-order valence-electron chi connectivity index (χ1n) is 6.68. The third-order valence-corrected chi connectivity index (χ3v) is 3.34. The zero-order valence-corrected chi connectivity index (χ0v) is 12.4. The molecule has 3 nitrogen and oxygen atoms in total. The van der Waals surface area contributed by atoms with E-state index < -0.39 is 12.0 Å². The van der Waals surface area contributed by atoms with Crippen molar-refractivity contribution in [2.75, 3.05) is 0 Å². The molecule has 106 valence electrons. The highest BCUT2D eigenvalue weighted by molar-refractivity contribution is 6.30. The quantitative estimate of drug-likeness (QED) is 0.798. The number of carbonyl (C=O) groups is 1. The number of halogens is 1. The zero-order chi connectivity index (χ0) is 14.4. The van der Waals surface area contributed by atoms with Crippen molar-refractivity contribution in [3.05, 3.63) is 34.9 Å². The Kier molecular flexibility index (Phi) is 6.32. The van der Waals surface area contributed by atoms with Crippen LogP contribution in [0, 0.1) is 5.92 Å². The Morgan fingerprint density at radius 3 is 2.32 bits per heavy atom. The van der Waals surface area contributed by atoms with E-state index in [1.807, 2.05) is 45.0 Å². The summed E-state index contributed by atoms with van der Waals surface area (Å²) in [6, 6.07) is 7.08. The first-order chi connectivity index (χ1) is 8.93. The molecule has 1 aromatic carbocycles. The number of nitrogens with one attached hydrogen (secondary N) is 1. The summed E-state index contributed by atoms with van der Waals surface area (Å²) >= 11 is 5.87. The number of hydrogen-bond donors (Lipinski definition) is 2. The van der Waals surface area contributed by atoms with Gasteiger partial charge >= 0.3 is 5.97 Å². The van der Waals surface area contributed by atoms with Gasteiger partial charge < -0.3 is 5.11 Å². The van der Waals surface area contributed by atoms with E-state index in [1.165, 1.54) is 0 Å². The van der Waals surface area contributed by atoms with E-state index in [-0.39, 0.29) is 6.04 Å². The number of carboxylic acid groups (broad SMARTS) is 1. The maximum atomic E-state index is 11.3. The van der Waals surface area contributed by atoms with Crippen molar-refractivity contribution in [3.8, 4) is 0 Å². The van der Waals surface area contributed by atoms with Crippen LogP contribution in [0.15, 0.2) is 24.3 Å². The van der Waals surface area contributed by atoms with Crippen molar-refractivity contribution in [3.63, 3.8) is 0 Å². The molecule has 0 saturated heterocycles. The number of aliphatic carboxylic acids is 1. The molecule has 0 amide bonds. The van der Waals surface area contributed by atoms with Crippen LogP contribution in [0.25, 0.3) is 0 Å². The van der Waals surface area contributed by atoms with Crippen LogP contribution >= 0.6 is 11.6 Å². The second kappa shape index (κ2) is 7.51.